The van der Waals surface area contributed by atoms with Crippen molar-refractivity contribution in [1.82, 2.24) is 0 Å². The summed E-state index contributed by atoms with van der Waals surface area (Å²) in [6.07, 6.45) is -9.57. The van der Waals surface area contributed by atoms with Crippen LogP contribution in [0.5, 0.6) is 11.5 Å². The second kappa shape index (κ2) is 8.71. The molecule has 0 amide bonds. The van der Waals surface area contributed by atoms with E-state index in [1.165, 1.54) is 12.1 Å². The number of alkyl halides is 6. The second-order valence-corrected chi connectivity index (χ2v) is 8.01. The minimum absolute atomic E-state index is 0.0573. The lowest BCUT2D eigenvalue weighted by molar-refractivity contribution is -0.138. The first-order valence-electron chi connectivity index (χ1n) is 10.4. The Morgan fingerprint density at radius 1 is 0.528 bits per heavy atom. The summed E-state index contributed by atoms with van der Waals surface area (Å²) in [6.45, 7) is 0. The molecule has 0 radical (unpaired) electrons. The van der Waals surface area contributed by atoms with Crippen LogP contribution in [0.3, 0.4) is 0 Å². The van der Waals surface area contributed by atoms with Crippen molar-refractivity contribution in [2.24, 2.45) is 0 Å². The van der Waals surface area contributed by atoms with Gasteiger partial charge in [0.2, 0.25) is 0 Å². The van der Waals surface area contributed by atoms with Gasteiger partial charge >= 0.3 is 12.4 Å². The van der Waals surface area contributed by atoms with Gasteiger partial charge in [0.25, 0.3) is 0 Å². The molecule has 0 aromatic heterocycles. The number of aromatic hydroxyl groups is 2. The van der Waals surface area contributed by atoms with Gasteiger partial charge in [0.1, 0.15) is 11.5 Å². The highest BCUT2D eigenvalue weighted by Gasteiger charge is 2.34. The second-order valence-electron chi connectivity index (χ2n) is 8.01. The average molecular weight is 504 g/mol. The number of phenolic OH excluding ortho intramolecular Hbond substituents is 2. The maximum absolute atomic E-state index is 13.3. The lowest BCUT2D eigenvalue weighted by atomic mass is 9.85. The molecule has 6 N–H and O–H groups in total. The zero-order chi connectivity index (χ0) is 26.4. The summed E-state index contributed by atoms with van der Waals surface area (Å²) < 4.78 is 79.6. The summed E-state index contributed by atoms with van der Waals surface area (Å²) in [5.41, 5.74) is 9.40. The normalized spacial score (nSPS) is 12.1. The van der Waals surface area contributed by atoms with Crippen molar-refractivity contribution < 1.29 is 36.6 Å². The monoisotopic (exact) mass is 504 g/mol. The first-order chi connectivity index (χ1) is 16.8. The smallest absolute Gasteiger partial charge is 0.416 e. The molecule has 0 aliphatic rings. The Morgan fingerprint density at radius 3 is 1.47 bits per heavy atom. The summed E-state index contributed by atoms with van der Waals surface area (Å²) in [5, 5.41) is 21.3. The summed E-state index contributed by atoms with van der Waals surface area (Å²) >= 11 is 0. The lowest BCUT2D eigenvalue weighted by Crippen LogP contribution is -2.07. The third-order valence-corrected chi connectivity index (χ3v) is 5.62. The number of rotatable bonds is 3. The van der Waals surface area contributed by atoms with Crippen LogP contribution in [0.2, 0.25) is 0 Å². The van der Waals surface area contributed by atoms with Gasteiger partial charge in [-0.2, -0.15) is 26.3 Å². The van der Waals surface area contributed by atoms with Crippen molar-refractivity contribution in [1.29, 1.82) is 0 Å². The zero-order valence-corrected chi connectivity index (χ0v) is 18.2. The average Bonchev–Trinajstić information content (AvgIpc) is 2.78. The molecule has 4 aromatic carbocycles. The number of halogens is 6. The van der Waals surface area contributed by atoms with E-state index < -0.39 is 46.4 Å². The van der Waals surface area contributed by atoms with Crippen molar-refractivity contribution in [3.63, 3.8) is 0 Å². The molecule has 0 fully saturated rings. The molecule has 0 aliphatic carbocycles. The SMILES string of the molecule is Nc1cc(C(F)(F)F)cc(O)c1-c1cccc(-c2ccccc2)c1-c1c(N)cc(C(F)(F)F)cc1O. The van der Waals surface area contributed by atoms with E-state index in [2.05, 4.69) is 0 Å². The van der Waals surface area contributed by atoms with E-state index in [0.717, 1.165) is 0 Å². The van der Waals surface area contributed by atoms with Gasteiger partial charge in [0.15, 0.2) is 0 Å². The molecule has 10 heteroatoms. The Kier molecular flexibility index (Phi) is 5.99. The number of hydrogen-bond acceptors (Lipinski definition) is 4. The van der Waals surface area contributed by atoms with Crippen LogP contribution in [-0.2, 0) is 12.4 Å². The largest absolute Gasteiger partial charge is 0.507 e. The van der Waals surface area contributed by atoms with Gasteiger partial charge < -0.3 is 21.7 Å². The van der Waals surface area contributed by atoms with Gasteiger partial charge in [0.05, 0.1) is 11.1 Å². The van der Waals surface area contributed by atoms with E-state index in [1.807, 2.05) is 0 Å². The maximum Gasteiger partial charge on any atom is 0.416 e. The first kappa shape index (κ1) is 24.8. The van der Waals surface area contributed by atoms with E-state index in [0.29, 0.717) is 35.4 Å². The fourth-order valence-electron chi connectivity index (χ4n) is 4.08. The molecule has 36 heavy (non-hydrogen) atoms. The number of hydrogen-bond donors (Lipinski definition) is 4. The van der Waals surface area contributed by atoms with E-state index in [1.54, 1.807) is 36.4 Å². The first-order valence-corrected chi connectivity index (χ1v) is 10.4. The fourth-order valence-corrected chi connectivity index (χ4v) is 4.08. The molecule has 0 atom stereocenters. The van der Waals surface area contributed by atoms with Crippen LogP contribution in [0.4, 0.5) is 37.7 Å². The van der Waals surface area contributed by atoms with Crippen LogP contribution >= 0.6 is 0 Å². The van der Waals surface area contributed by atoms with Gasteiger partial charge in [-0.05, 0) is 41.0 Å². The Labute approximate surface area is 201 Å². The van der Waals surface area contributed by atoms with Crippen LogP contribution in [0, 0.1) is 0 Å². The molecule has 0 saturated carbocycles. The van der Waals surface area contributed by atoms with Crippen molar-refractivity contribution in [2.75, 3.05) is 11.5 Å². The third-order valence-electron chi connectivity index (χ3n) is 5.62. The minimum atomic E-state index is -4.79. The van der Waals surface area contributed by atoms with E-state index >= 15 is 0 Å². The van der Waals surface area contributed by atoms with Crippen molar-refractivity contribution in [2.45, 2.75) is 12.4 Å². The topological polar surface area (TPSA) is 92.5 Å². The van der Waals surface area contributed by atoms with Gasteiger partial charge in [-0.3, -0.25) is 0 Å². The standard InChI is InChI=1S/C26H18F6N2O2/c27-25(28,29)14-9-18(33)23(20(35)11-14)17-8-4-7-16(13-5-2-1-3-6-13)22(17)24-19(34)10-15(12-21(24)36)26(30,31)32/h1-12,35-36H,33-34H2. The molecule has 4 aromatic rings. The number of benzene rings is 4. The Balaban J connectivity index is 2.10. The maximum atomic E-state index is 13.3. The lowest BCUT2D eigenvalue weighted by Gasteiger charge is -2.21. The molecule has 4 rings (SSSR count). The van der Waals surface area contributed by atoms with Gasteiger partial charge in [-0.15, -0.1) is 0 Å². The third kappa shape index (κ3) is 4.49. The molecular weight excluding hydrogens is 486 g/mol. The Hall–Kier alpha value is -4.34. The molecule has 0 unspecified atom stereocenters. The van der Waals surface area contributed by atoms with Gasteiger partial charge in [-0.1, -0.05) is 48.5 Å². The van der Waals surface area contributed by atoms with E-state index in [9.17, 15) is 36.6 Å². The molecular formula is C26H18F6N2O2. The molecule has 0 heterocycles. The number of anilines is 2. The Morgan fingerprint density at radius 2 is 1.00 bits per heavy atom. The highest BCUT2D eigenvalue weighted by molar-refractivity contribution is 6.03. The van der Waals surface area contributed by atoms with Crippen LogP contribution in [-0.4, -0.2) is 10.2 Å². The predicted molar refractivity (Wildman–Crippen MR) is 125 cm³/mol. The molecule has 4 nitrogen and oxygen atoms in total. The summed E-state index contributed by atoms with van der Waals surface area (Å²) in [7, 11) is 0. The fraction of sp³-hybridized carbons (Fsp3) is 0.0769. The van der Waals surface area contributed by atoms with Crippen LogP contribution in [0.15, 0.2) is 72.8 Å². The van der Waals surface area contributed by atoms with Crippen molar-refractivity contribution in [3.8, 4) is 44.9 Å². The minimum Gasteiger partial charge on any atom is -0.507 e. The molecule has 0 bridgehead atoms. The molecule has 0 spiro atoms. The number of nitrogen functional groups attached to an aromatic ring is 2. The van der Waals surface area contributed by atoms with Crippen molar-refractivity contribution in [3.05, 3.63) is 83.9 Å². The van der Waals surface area contributed by atoms with Crippen LogP contribution < -0.4 is 11.5 Å². The predicted octanol–water partition coefficient (Wildman–Crippen LogP) is 7.30. The van der Waals surface area contributed by atoms with Crippen LogP contribution in [0.1, 0.15) is 11.1 Å². The van der Waals surface area contributed by atoms with Crippen molar-refractivity contribution >= 4 is 11.4 Å². The quantitative estimate of drug-likeness (QED) is 0.174. The summed E-state index contributed by atoms with van der Waals surface area (Å²) in [5.74, 6) is -1.62. The zero-order valence-electron chi connectivity index (χ0n) is 18.2. The molecule has 0 saturated heterocycles. The van der Waals surface area contributed by atoms with E-state index in [-0.39, 0.29) is 22.3 Å². The highest BCUT2D eigenvalue weighted by Crippen LogP contribution is 2.51. The van der Waals surface area contributed by atoms with Crippen LogP contribution in [0.25, 0.3) is 33.4 Å². The summed E-state index contributed by atoms with van der Waals surface area (Å²) in [6, 6.07) is 15.4. The molecule has 0 aliphatic heterocycles. The number of phenols is 2. The number of nitrogens with two attached hydrogens (primary N) is 2. The van der Waals surface area contributed by atoms with Gasteiger partial charge in [0, 0.05) is 28.1 Å². The van der Waals surface area contributed by atoms with E-state index in [4.69, 9.17) is 11.5 Å². The Bertz CT molecular complexity index is 1400. The molecule has 186 valence electrons. The van der Waals surface area contributed by atoms with Gasteiger partial charge in [-0.25, -0.2) is 0 Å². The highest BCUT2D eigenvalue weighted by atomic mass is 19.4. The summed E-state index contributed by atoms with van der Waals surface area (Å²) in [4.78, 5) is 0.